The Morgan fingerprint density at radius 1 is 0.308 bits per heavy atom. The molecule has 104 heavy (non-hydrogen) atoms. The highest BCUT2D eigenvalue weighted by Crippen LogP contribution is 2.43. The number of likely N-dealkylation sites (N-methyl/N-ethyl adjacent to an activating group) is 1. The number of carbonyl (C=O) groups is 2. The van der Waals surface area contributed by atoms with Crippen LogP contribution < -0.4 is 0 Å². The van der Waals surface area contributed by atoms with Gasteiger partial charge < -0.3 is 18.9 Å². The first-order valence-corrected chi connectivity index (χ1v) is 45.4. The van der Waals surface area contributed by atoms with Gasteiger partial charge in [-0.3, -0.25) is 18.6 Å². The lowest BCUT2D eigenvalue weighted by atomic mass is 10.0. The molecule has 10 heteroatoms. The van der Waals surface area contributed by atoms with E-state index in [0.717, 1.165) is 103 Å². The van der Waals surface area contributed by atoms with Crippen molar-refractivity contribution in [2.75, 3.05) is 47.5 Å². The van der Waals surface area contributed by atoms with E-state index in [2.05, 4.69) is 148 Å². The second-order valence-electron chi connectivity index (χ2n) is 30.5. The predicted octanol–water partition coefficient (Wildman–Crippen LogP) is 29.8. The number of quaternary nitrogens is 1. The zero-order valence-corrected chi connectivity index (χ0v) is 69.6. The Bertz CT molecular complexity index is 2230. The maximum Gasteiger partial charge on any atom is 0.472 e. The van der Waals surface area contributed by atoms with Crippen LogP contribution in [0.3, 0.4) is 0 Å². The van der Waals surface area contributed by atoms with Gasteiger partial charge in [0.2, 0.25) is 0 Å². The molecule has 600 valence electrons. The third-order valence-electron chi connectivity index (χ3n) is 19.2. The van der Waals surface area contributed by atoms with Gasteiger partial charge in [-0.05, 0) is 116 Å². The van der Waals surface area contributed by atoms with Crippen molar-refractivity contribution in [2.24, 2.45) is 0 Å². The van der Waals surface area contributed by atoms with E-state index in [0.29, 0.717) is 17.4 Å². The van der Waals surface area contributed by atoms with E-state index < -0.39 is 26.5 Å². The third kappa shape index (κ3) is 87.1. The zero-order chi connectivity index (χ0) is 75.4. The van der Waals surface area contributed by atoms with Crippen LogP contribution >= 0.6 is 7.82 Å². The molecule has 0 saturated heterocycles. The molecule has 0 aliphatic heterocycles. The molecule has 1 N–H and O–H groups in total. The van der Waals surface area contributed by atoms with Gasteiger partial charge in [0.15, 0.2) is 6.10 Å². The highest BCUT2D eigenvalue weighted by atomic mass is 31.2. The van der Waals surface area contributed by atoms with Crippen molar-refractivity contribution in [2.45, 2.75) is 405 Å². The van der Waals surface area contributed by atoms with Crippen LogP contribution in [0.1, 0.15) is 399 Å². The van der Waals surface area contributed by atoms with E-state index >= 15 is 0 Å². The average molecular weight is 1470 g/mol. The number of hydrogen-bond acceptors (Lipinski definition) is 7. The summed E-state index contributed by atoms with van der Waals surface area (Å²) in [6.07, 6.45) is 122. The summed E-state index contributed by atoms with van der Waals surface area (Å²) in [4.78, 5) is 36.1. The summed E-state index contributed by atoms with van der Waals surface area (Å²) >= 11 is 0. The molecule has 0 saturated carbocycles. The number of phosphoric acid groups is 1. The number of esters is 2. The molecule has 0 aromatic carbocycles. The van der Waals surface area contributed by atoms with Crippen LogP contribution in [0.5, 0.6) is 0 Å². The minimum Gasteiger partial charge on any atom is -0.462 e. The monoisotopic (exact) mass is 1470 g/mol. The highest BCUT2D eigenvalue weighted by molar-refractivity contribution is 7.47. The van der Waals surface area contributed by atoms with Crippen LogP contribution in [0.4, 0.5) is 0 Å². The number of ether oxygens (including phenoxy) is 2. The summed E-state index contributed by atoms with van der Waals surface area (Å²) in [5.74, 6) is -0.785. The Morgan fingerprint density at radius 3 is 0.817 bits per heavy atom. The lowest BCUT2D eigenvalue weighted by Crippen LogP contribution is -2.37. The Kier molecular flexibility index (Phi) is 80.1. The van der Waals surface area contributed by atoms with Crippen LogP contribution in [0.15, 0.2) is 134 Å². The maximum absolute atomic E-state index is 12.9. The van der Waals surface area contributed by atoms with Crippen molar-refractivity contribution in [1.29, 1.82) is 0 Å². The lowest BCUT2D eigenvalue weighted by molar-refractivity contribution is -0.870. The van der Waals surface area contributed by atoms with E-state index in [1.807, 2.05) is 21.1 Å². The minimum absolute atomic E-state index is 0.0293. The van der Waals surface area contributed by atoms with E-state index in [9.17, 15) is 19.0 Å². The van der Waals surface area contributed by atoms with Crippen LogP contribution in [-0.4, -0.2) is 74.9 Å². The Morgan fingerprint density at radius 2 is 0.548 bits per heavy atom. The standard InChI is InChI=1S/C94H166NO8P/c1-6-8-10-12-14-16-18-20-22-24-26-28-30-32-34-36-38-40-42-44-46-47-49-50-52-54-56-58-60-62-64-66-68-70-72-74-76-78-80-82-84-86-93(96)100-90-92(91-102-104(98,99)101-89-88-95(3,4)5)103-94(97)87-85-83-81-79-77-75-73-71-69-67-65-63-61-59-57-55-53-51-48-45-43-41-39-37-35-33-31-29-27-25-23-21-19-17-15-13-11-9-7-2/h9,11,15,17-18,20-21,23-24,26-27,29-30,32-33,35,39,41,45,48,53,55,92H,6-8,10,12-14,16,19,22,25,28,31,34,36-38,40,42-44,46-47,49-52,54,56-91H2,1-5H3/p+1/b11-9-,17-15-,20-18-,23-21-,26-24-,29-27-,32-30-,35-33-,41-39-,48-45-,55-53-. The van der Waals surface area contributed by atoms with E-state index in [4.69, 9.17) is 18.5 Å². The van der Waals surface area contributed by atoms with Gasteiger partial charge in [0.05, 0.1) is 27.7 Å². The molecule has 0 radical (unpaired) electrons. The molecule has 0 aromatic rings. The van der Waals surface area contributed by atoms with Crippen molar-refractivity contribution in [3.8, 4) is 0 Å². The first-order chi connectivity index (χ1) is 51.0. The molecule has 0 aromatic heterocycles. The summed E-state index contributed by atoms with van der Waals surface area (Å²) in [6, 6.07) is 0. The lowest BCUT2D eigenvalue weighted by Gasteiger charge is -2.24. The SMILES string of the molecule is CC/C=C\C/C=C\C/C=C\C/C=C\C/C=C\C/C=C\C/C=C\C/C=C\CCCCCCCCCCCCCCCCC(=O)OC(COC(=O)CCCCCCCCCCCCCCCCCCCCCCCCCCCC/C=C\C/C=C\C/C=C\CCCCCCC)COP(=O)(O)OCC[N+](C)(C)C. The molecule has 0 aliphatic carbocycles. The molecule has 0 fully saturated rings. The van der Waals surface area contributed by atoms with Crippen molar-refractivity contribution in [3.63, 3.8) is 0 Å². The van der Waals surface area contributed by atoms with Gasteiger partial charge in [-0.1, -0.05) is 404 Å². The number of allylic oxidation sites excluding steroid dienone is 22. The largest absolute Gasteiger partial charge is 0.472 e. The summed E-state index contributed by atoms with van der Waals surface area (Å²) in [6.45, 7) is 4.35. The Hall–Kier alpha value is -3.85. The molecule has 0 aliphatic rings. The van der Waals surface area contributed by atoms with Crippen molar-refractivity contribution in [1.82, 2.24) is 0 Å². The predicted molar refractivity (Wildman–Crippen MR) is 454 cm³/mol. The van der Waals surface area contributed by atoms with Crippen molar-refractivity contribution < 1.29 is 42.1 Å². The Labute approximate surface area is 644 Å². The highest BCUT2D eigenvalue weighted by Gasteiger charge is 2.27. The van der Waals surface area contributed by atoms with E-state index in [1.165, 1.54) is 263 Å². The zero-order valence-electron chi connectivity index (χ0n) is 68.7. The molecular weight excluding hydrogens is 1300 g/mol. The summed E-state index contributed by atoms with van der Waals surface area (Å²) < 4.78 is 34.9. The Balaban J connectivity index is 3.92. The van der Waals surface area contributed by atoms with Gasteiger partial charge >= 0.3 is 19.8 Å². The van der Waals surface area contributed by atoms with Gasteiger partial charge in [-0.15, -0.1) is 0 Å². The molecule has 0 amide bonds. The summed E-state index contributed by atoms with van der Waals surface area (Å²) in [5.41, 5.74) is 0. The fourth-order valence-electron chi connectivity index (χ4n) is 12.5. The van der Waals surface area contributed by atoms with Crippen LogP contribution in [-0.2, 0) is 32.7 Å². The second-order valence-corrected chi connectivity index (χ2v) is 32.0. The fraction of sp³-hybridized carbons (Fsp3) is 0.745. The summed E-state index contributed by atoms with van der Waals surface area (Å²) in [5, 5.41) is 0. The normalized spacial score (nSPS) is 13.6. The molecule has 9 nitrogen and oxygen atoms in total. The molecule has 0 heterocycles. The maximum atomic E-state index is 12.9. The average Bonchev–Trinajstić information content (AvgIpc) is 0.915. The minimum atomic E-state index is -4.40. The number of phosphoric ester groups is 1. The van der Waals surface area contributed by atoms with Crippen LogP contribution in [0.2, 0.25) is 0 Å². The first kappa shape index (κ1) is 100. The number of unbranched alkanes of at least 4 members (excludes halogenated alkanes) is 45. The smallest absolute Gasteiger partial charge is 0.462 e. The van der Waals surface area contributed by atoms with E-state index in [1.54, 1.807) is 0 Å². The topological polar surface area (TPSA) is 108 Å². The summed E-state index contributed by atoms with van der Waals surface area (Å²) in [7, 11) is 1.48. The van der Waals surface area contributed by atoms with Gasteiger partial charge in [-0.25, -0.2) is 4.57 Å². The van der Waals surface area contributed by atoms with Crippen molar-refractivity contribution in [3.05, 3.63) is 134 Å². The number of hydrogen-bond donors (Lipinski definition) is 1. The molecule has 2 atom stereocenters. The quantitative estimate of drug-likeness (QED) is 0.0211. The van der Waals surface area contributed by atoms with E-state index in [-0.39, 0.29) is 32.0 Å². The second kappa shape index (κ2) is 83.2. The first-order valence-electron chi connectivity index (χ1n) is 43.9. The number of carbonyl (C=O) groups excluding carboxylic acids is 2. The fourth-order valence-corrected chi connectivity index (χ4v) is 13.3. The van der Waals surface area contributed by atoms with Crippen molar-refractivity contribution >= 4 is 19.8 Å². The van der Waals surface area contributed by atoms with Gasteiger partial charge in [0, 0.05) is 12.8 Å². The van der Waals surface area contributed by atoms with Gasteiger partial charge in [0.25, 0.3) is 0 Å². The number of rotatable bonds is 81. The molecule has 2 unspecified atom stereocenters. The third-order valence-corrected chi connectivity index (χ3v) is 20.1. The van der Waals surface area contributed by atoms with Gasteiger partial charge in [-0.2, -0.15) is 0 Å². The molecule has 0 rings (SSSR count). The molecule has 0 spiro atoms. The molecule has 0 bridgehead atoms. The molecular formula is C94H167NO8P+. The number of nitrogens with zero attached hydrogens (tertiary/aromatic N) is 1. The van der Waals surface area contributed by atoms with Crippen LogP contribution in [0.25, 0.3) is 0 Å². The van der Waals surface area contributed by atoms with Crippen LogP contribution in [0, 0.1) is 0 Å². The van der Waals surface area contributed by atoms with Gasteiger partial charge in [0.1, 0.15) is 19.8 Å².